The third-order valence-electron chi connectivity index (χ3n) is 3.33. The summed E-state index contributed by atoms with van der Waals surface area (Å²) >= 11 is 0. The summed E-state index contributed by atoms with van der Waals surface area (Å²) in [7, 11) is 0. The number of carbonyl (C=O) groups excluding carboxylic acids is 1. The van der Waals surface area contributed by atoms with Gasteiger partial charge in [0, 0.05) is 6.54 Å². The van der Waals surface area contributed by atoms with E-state index in [1.807, 2.05) is 19.9 Å². The molecule has 1 fully saturated rings. The highest BCUT2D eigenvalue weighted by molar-refractivity contribution is 5.83. The maximum atomic E-state index is 12.1. The summed E-state index contributed by atoms with van der Waals surface area (Å²) in [5, 5.41) is 11.8. The van der Waals surface area contributed by atoms with Gasteiger partial charge in [0.2, 0.25) is 0 Å². The van der Waals surface area contributed by atoms with Crippen LogP contribution in [0.25, 0.3) is 0 Å². The second-order valence-electron chi connectivity index (χ2n) is 4.81. The van der Waals surface area contributed by atoms with E-state index in [0.717, 1.165) is 12.2 Å². The second-order valence-corrected chi connectivity index (χ2v) is 4.81. The highest BCUT2D eigenvalue weighted by atomic mass is 16.4. The first-order chi connectivity index (χ1) is 8.99. The van der Waals surface area contributed by atoms with Crippen LogP contribution in [0.15, 0.2) is 16.5 Å². The largest absolute Gasteiger partial charge is 0.480 e. The van der Waals surface area contributed by atoms with Crippen molar-refractivity contribution < 1.29 is 19.1 Å². The molecule has 0 aromatic carbocycles. The van der Waals surface area contributed by atoms with Crippen LogP contribution < -0.4 is 5.32 Å². The molecule has 1 aliphatic rings. The summed E-state index contributed by atoms with van der Waals surface area (Å²) in [6.45, 7) is 4.12. The SMILES string of the molecule is Cc1ccc(C(C)NC(=O)N2CCC[C@H]2C(=O)O)o1. The average molecular weight is 266 g/mol. The number of hydrogen-bond donors (Lipinski definition) is 2. The topological polar surface area (TPSA) is 82.8 Å². The number of aryl methyl sites for hydroxylation is 1. The van der Waals surface area contributed by atoms with Crippen molar-refractivity contribution in [1.29, 1.82) is 0 Å². The zero-order valence-corrected chi connectivity index (χ0v) is 11.0. The Labute approximate surface area is 111 Å². The molecule has 1 aromatic heterocycles. The van der Waals surface area contributed by atoms with Crippen LogP contribution in [0, 0.1) is 6.92 Å². The minimum Gasteiger partial charge on any atom is -0.480 e. The van der Waals surface area contributed by atoms with Crippen molar-refractivity contribution in [3.8, 4) is 0 Å². The van der Waals surface area contributed by atoms with Gasteiger partial charge in [-0.15, -0.1) is 0 Å². The number of amides is 2. The molecule has 1 aromatic rings. The van der Waals surface area contributed by atoms with Crippen molar-refractivity contribution in [2.45, 2.75) is 38.8 Å². The van der Waals surface area contributed by atoms with E-state index in [1.165, 1.54) is 4.90 Å². The Morgan fingerprint density at radius 3 is 2.84 bits per heavy atom. The molecule has 1 saturated heterocycles. The van der Waals surface area contributed by atoms with Crippen LogP contribution in [0.4, 0.5) is 4.79 Å². The lowest BCUT2D eigenvalue weighted by atomic mass is 10.2. The number of aliphatic carboxylic acids is 1. The number of nitrogens with one attached hydrogen (secondary N) is 1. The number of furan rings is 1. The van der Waals surface area contributed by atoms with E-state index in [2.05, 4.69) is 5.32 Å². The first kappa shape index (κ1) is 13.5. The molecule has 1 unspecified atom stereocenters. The fourth-order valence-corrected chi connectivity index (χ4v) is 2.29. The predicted molar refractivity (Wildman–Crippen MR) is 67.8 cm³/mol. The quantitative estimate of drug-likeness (QED) is 0.875. The molecule has 1 aliphatic heterocycles. The van der Waals surface area contributed by atoms with Gasteiger partial charge in [-0.3, -0.25) is 0 Å². The lowest BCUT2D eigenvalue weighted by Crippen LogP contribution is -2.46. The monoisotopic (exact) mass is 266 g/mol. The van der Waals surface area contributed by atoms with Crippen molar-refractivity contribution in [3.05, 3.63) is 23.7 Å². The number of hydrogen-bond acceptors (Lipinski definition) is 3. The van der Waals surface area contributed by atoms with Crippen molar-refractivity contribution in [3.63, 3.8) is 0 Å². The first-order valence-electron chi connectivity index (χ1n) is 6.35. The number of carbonyl (C=O) groups is 2. The molecule has 2 rings (SSSR count). The van der Waals surface area contributed by atoms with Crippen LogP contribution in [0.1, 0.15) is 37.3 Å². The van der Waals surface area contributed by atoms with Gasteiger partial charge in [-0.25, -0.2) is 9.59 Å². The molecule has 19 heavy (non-hydrogen) atoms. The van der Waals surface area contributed by atoms with E-state index >= 15 is 0 Å². The van der Waals surface area contributed by atoms with E-state index in [-0.39, 0.29) is 12.1 Å². The third kappa shape index (κ3) is 2.89. The Morgan fingerprint density at radius 2 is 2.26 bits per heavy atom. The van der Waals surface area contributed by atoms with Crippen LogP contribution in [0.2, 0.25) is 0 Å². The Kier molecular flexibility index (Phi) is 3.78. The van der Waals surface area contributed by atoms with E-state index < -0.39 is 12.0 Å². The Balaban J connectivity index is 1.99. The van der Waals surface area contributed by atoms with Gasteiger partial charge in [0.25, 0.3) is 0 Å². The normalized spacial score (nSPS) is 20.3. The molecule has 2 N–H and O–H groups in total. The van der Waals surface area contributed by atoms with Crippen LogP contribution in [0.3, 0.4) is 0 Å². The molecule has 0 bridgehead atoms. The number of rotatable bonds is 3. The van der Waals surface area contributed by atoms with Crippen molar-refractivity contribution >= 4 is 12.0 Å². The zero-order valence-electron chi connectivity index (χ0n) is 11.0. The fourth-order valence-electron chi connectivity index (χ4n) is 2.29. The third-order valence-corrected chi connectivity index (χ3v) is 3.33. The van der Waals surface area contributed by atoms with Crippen LogP contribution in [-0.2, 0) is 4.79 Å². The molecule has 6 heteroatoms. The maximum absolute atomic E-state index is 12.1. The summed E-state index contributed by atoms with van der Waals surface area (Å²) in [5.41, 5.74) is 0. The summed E-state index contributed by atoms with van der Waals surface area (Å²) in [4.78, 5) is 24.5. The highest BCUT2D eigenvalue weighted by Crippen LogP contribution is 2.20. The van der Waals surface area contributed by atoms with Gasteiger partial charge in [0.1, 0.15) is 17.6 Å². The van der Waals surface area contributed by atoms with E-state index in [0.29, 0.717) is 18.7 Å². The van der Waals surface area contributed by atoms with Gasteiger partial charge >= 0.3 is 12.0 Å². The van der Waals surface area contributed by atoms with E-state index in [1.54, 1.807) is 6.07 Å². The van der Waals surface area contributed by atoms with Gasteiger partial charge in [0.15, 0.2) is 0 Å². The van der Waals surface area contributed by atoms with Crippen LogP contribution in [0.5, 0.6) is 0 Å². The second kappa shape index (κ2) is 5.34. The molecule has 2 heterocycles. The summed E-state index contributed by atoms with van der Waals surface area (Å²) < 4.78 is 5.43. The highest BCUT2D eigenvalue weighted by Gasteiger charge is 2.34. The van der Waals surface area contributed by atoms with Gasteiger partial charge in [-0.05, 0) is 38.8 Å². The number of carboxylic acids is 1. The van der Waals surface area contributed by atoms with E-state index in [4.69, 9.17) is 9.52 Å². The molecule has 0 spiro atoms. The lowest BCUT2D eigenvalue weighted by Gasteiger charge is -2.23. The molecule has 0 aliphatic carbocycles. The number of urea groups is 1. The van der Waals surface area contributed by atoms with Gasteiger partial charge in [-0.2, -0.15) is 0 Å². The van der Waals surface area contributed by atoms with Gasteiger partial charge < -0.3 is 19.7 Å². The van der Waals surface area contributed by atoms with Gasteiger partial charge in [0.05, 0.1) is 6.04 Å². The fraction of sp³-hybridized carbons (Fsp3) is 0.538. The molecule has 0 saturated carbocycles. The summed E-state index contributed by atoms with van der Waals surface area (Å²) in [5.74, 6) is 0.492. The summed E-state index contributed by atoms with van der Waals surface area (Å²) in [6, 6.07) is 2.28. The smallest absolute Gasteiger partial charge is 0.326 e. The minimum absolute atomic E-state index is 0.281. The Bertz CT molecular complexity index is 483. The van der Waals surface area contributed by atoms with Crippen LogP contribution >= 0.6 is 0 Å². The van der Waals surface area contributed by atoms with Gasteiger partial charge in [-0.1, -0.05) is 0 Å². The molecule has 2 amide bonds. The first-order valence-corrected chi connectivity index (χ1v) is 6.35. The molecular formula is C13H18N2O4. The minimum atomic E-state index is -0.950. The maximum Gasteiger partial charge on any atom is 0.326 e. The lowest BCUT2D eigenvalue weighted by molar-refractivity contribution is -0.141. The number of carboxylic acid groups (broad SMARTS) is 1. The van der Waals surface area contributed by atoms with Crippen molar-refractivity contribution in [2.75, 3.05) is 6.54 Å². The molecule has 104 valence electrons. The summed E-state index contributed by atoms with van der Waals surface area (Å²) in [6.07, 6.45) is 1.23. The molecular weight excluding hydrogens is 248 g/mol. The zero-order chi connectivity index (χ0) is 14.0. The number of likely N-dealkylation sites (tertiary alicyclic amines) is 1. The molecule has 0 radical (unpaired) electrons. The predicted octanol–water partition coefficient (Wildman–Crippen LogP) is 1.91. The molecule has 2 atom stereocenters. The van der Waals surface area contributed by atoms with E-state index in [9.17, 15) is 9.59 Å². The van der Waals surface area contributed by atoms with Crippen molar-refractivity contribution in [1.82, 2.24) is 10.2 Å². The molecule has 6 nitrogen and oxygen atoms in total. The standard InChI is InChI=1S/C13H18N2O4/c1-8-5-6-11(19-8)9(2)14-13(18)15-7-3-4-10(15)12(16)17/h5-6,9-10H,3-4,7H2,1-2H3,(H,14,18)(H,16,17)/t9?,10-/m0/s1. The van der Waals surface area contributed by atoms with Crippen molar-refractivity contribution in [2.24, 2.45) is 0 Å². The average Bonchev–Trinajstić information content (AvgIpc) is 2.96. The van der Waals surface area contributed by atoms with Crippen LogP contribution in [-0.4, -0.2) is 34.6 Å². The Hall–Kier alpha value is -1.98. The Morgan fingerprint density at radius 1 is 1.53 bits per heavy atom. The number of nitrogens with zero attached hydrogens (tertiary/aromatic N) is 1.